The summed E-state index contributed by atoms with van der Waals surface area (Å²) >= 11 is 1.72. The van der Waals surface area contributed by atoms with E-state index in [9.17, 15) is 4.79 Å². The summed E-state index contributed by atoms with van der Waals surface area (Å²) in [6, 6.07) is 0. The van der Waals surface area contributed by atoms with Gasteiger partial charge in [-0.05, 0) is 13.8 Å². The maximum Gasteiger partial charge on any atom is 0.233 e. The van der Waals surface area contributed by atoms with Gasteiger partial charge in [-0.15, -0.1) is 11.8 Å². The monoisotopic (exact) mass is 244 g/mol. The van der Waals surface area contributed by atoms with E-state index in [1.807, 2.05) is 4.90 Å². The largest absolute Gasteiger partial charge is 0.334 e. The van der Waals surface area contributed by atoms with Crippen LogP contribution in [0.1, 0.15) is 34.6 Å². The summed E-state index contributed by atoms with van der Waals surface area (Å²) in [6.45, 7) is 13.3. The van der Waals surface area contributed by atoms with E-state index in [1.165, 1.54) is 0 Å². The first-order valence-electron chi connectivity index (χ1n) is 5.87. The van der Waals surface area contributed by atoms with Crippen LogP contribution in [-0.4, -0.2) is 46.5 Å². The van der Waals surface area contributed by atoms with Crippen LogP contribution in [0.4, 0.5) is 0 Å². The molecule has 1 heterocycles. The first-order valence-corrected chi connectivity index (χ1v) is 6.86. The molecule has 0 aromatic rings. The molecular weight excluding hydrogens is 220 g/mol. The quantitative estimate of drug-likeness (QED) is 0.803. The number of amides is 1. The van der Waals surface area contributed by atoms with Crippen molar-refractivity contribution in [2.24, 2.45) is 0 Å². The number of carbonyl (C=O) groups excluding carboxylic acids is 1. The van der Waals surface area contributed by atoms with Crippen molar-refractivity contribution in [2.45, 2.75) is 44.9 Å². The van der Waals surface area contributed by atoms with Crippen LogP contribution in [0.25, 0.3) is 0 Å². The fourth-order valence-electron chi connectivity index (χ4n) is 1.80. The summed E-state index contributed by atoms with van der Waals surface area (Å²) in [7, 11) is 0. The first kappa shape index (κ1) is 13.8. The van der Waals surface area contributed by atoms with Crippen molar-refractivity contribution in [3.8, 4) is 0 Å². The molecule has 0 spiro atoms. The third-order valence-corrected chi connectivity index (χ3v) is 3.99. The highest BCUT2D eigenvalue weighted by atomic mass is 32.2. The lowest BCUT2D eigenvalue weighted by atomic mass is 10.0. The van der Waals surface area contributed by atoms with Crippen molar-refractivity contribution >= 4 is 17.7 Å². The molecule has 16 heavy (non-hydrogen) atoms. The van der Waals surface area contributed by atoms with Gasteiger partial charge in [0.25, 0.3) is 0 Å². The Kier molecular flexibility index (Phi) is 4.29. The molecule has 1 fully saturated rings. The number of nitrogens with zero attached hydrogens (tertiary/aromatic N) is 1. The molecule has 0 bridgehead atoms. The number of thioether (sulfide) groups is 1. The van der Waals surface area contributed by atoms with E-state index in [4.69, 9.17) is 0 Å². The van der Waals surface area contributed by atoms with E-state index in [2.05, 4.69) is 39.9 Å². The van der Waals surface area contributed by atoms with Gasteiger partial charge >= 0.3 is 0 Å². The van der Waals surface area contributed by atoms with E-state index < -0.39 is 0 Å². The minimum atomic E-state index is -0.0478. The van der Waals surface area contributed by atoms with Gasteiger partial charge in [0.05, 0.1) is 5.75 Å². The highest BCUT2D eigenvalue weighted by Crippen LogP contribution is 2.25. The van der Waals surface area contributed by atoms with Crippen molar-refractivity contribution in [1.29, 1.82) is 0 Å². The highest BCUT2D eigenvalue weighted by molar-refractivity contribution is 8.01. The number of rotatable bonds is 2. The lowest BCUT2D eigenvalue weighted by molar-refractivity contribution is -0.134. The molecule has 0 radical (unpaired) electrons. The van der Waals surface area contributed by atoms with Gasteiger partial charge in [-0.25, -0.2) is 0 Å². The number of hydrogen-bond donors (Lipinski definition) is 1. The minimum Gasteiger partial charge on any atom is -0.334 e. The molecule has 0 aliphatic carbocycles. The summed E-state index contributed by atoms with van der Waals surface area (Å²) < 4.78 is 0.161. The van der Waals surface area contributed by atoms with E-state index in [0.717, 1.165) is 19.6 Å². The second-order valence-electron chi connectivity index (χ2n) is 5.94. The van der Waals surface area contributed by atoms with E-state index in [0.29, 0.717) is 5.75 Å². The van der Waals surface area contributed by atoms with E-state index in [-0.39, 0.29) is 16.2 Å². The predicted molar refractivity (Wildman–Crippen MR) is 70.9 cm³/mol. The molecule has 0 atom stereocenters. The third kappa shape index (κ3) is 3.98. The Labute approximate surface area is 103 Å². The van der Waals surface area contributed by atoms with Crippen LogP contribution in [0.3, 0.4) is 0 Å². The maximum atomic E-state index is 12.1. The van der Waals surface area contributed by atoms with Gasteiger partial charge in [-0.3, -0.25) is 4.79 Å². The van der Waals surface area contributed by atoms with Crippen molar-refractivity contribution in [3.63, 3.8) is 0 Å². The zero-order chi connectivity index (χ0) is 12.4. The van der Waals surface area contributed by atoms with Gasteiger partial charge in [0, 0.05) is 29.9 Å². The average molecular weight is 244 g/mol. The van der Waals surface area contributed by atoms with Crippen LogP contribution in [0.15, 0.2) is 0 Å². The smallest absolute Gasteiger partial charge is 0.233 e. The molecule has 1 amide bonds. The molecule has 1 saturated heterocycles. The number of hydrogen-bond acceptors (Lipinski definition) is 3. The lowest BCUT2D eigenvalue weighted by Gasteiger charge is -2.43. The molecular formula is C12H24N2OS. The molecule has 0 aromatic heterocycles. The number of piperazine rings is 1. The third-order valence-electron chi connectivity index (χ3n) is 2.73. The Bertz CT molecular complexity index is 258. The molecule has 4 heteroatoms. The van der Waals surface area contributed by atoms with Crippen LogP contribution in [-0.2, 0) is 4.79 Å². The lowest BCUT2D eigenvalue weighted by Crippen LogP contribution is -2.60. The summed E-state index contributed by atoms with van der Waals surface area (Å²) in [5, 5.41) is 3.33. The Morgan fingerprint density at radius 1 is 1.44 bits per heavy atom. The highest BCUT2D eigenvalue weighted by Gasteiger charge is 2.33. The zero-order valence-corrected chi connectivity index (χ0v) is 11.9. The van der Waals surface area contributed by atoms with Crippen LogP contribution in [0, 0.1) is 0 Å². The second-order valence-corrected chi connectivity index (χ2v) is 7.74. The van der Waals surface area contributed by atoms with E-state index in [1.54, 1.807) is 11.8 Å². The maximum absolute atomic E-state index is 12.1. The van der Waals surface area contributed by atoms with Crippen molar-refractivity contribution < 1.29 is 4.79 Å². The van der Waals surface area contributed by atoms with Crippen molar-refractivity contribution in [1.82, 2.24) is 10.2 Å². The molecule has 0 aromatic carbocycles. The molecule has 94 valence electrons. The summed E-state index contributed by atoms with van der Waals surface area (Å²) in [5.41, 5.74) is -0.0478. The fraction of sp³-hybridized carbons (Fsp3) is 0.917. The van der Waals surface area contributed by atoms with Gasteiger partial charge in [0.2, 0.25) is 5.91 Å². The molecule has 0 unspecified atom stereocenters. The van der Waals surface area contributed by atoms with Gasteiger partial charge in [-0.1, -0.05) is 20.8 Å². The summed E-state index contributed by atoms with van der Waals surface area (Å²) in [5.74, 6) is 0.860. The van der Waals surface area contributed by atoms with Gasteiger partial charge < -0.3 is 10.2 Å². The zero-order valence-electron chi connectivity index (χ0n) is 11.1. The van der Waals surface area contributed by atoms with Gasteiger partial charge in [-0.2, -0.15) is 0 Å². The molecule has 0 saturated carbocycles. The van der Waals surface area contributed by atoms with Crippen LogP contribution >= 0.6 is 11.8 Å². The minimum absolute atomic E-state index is 0.0478. The van der Waals surface area contributed by atoms with Crippen molar-refractivity contribution in [2.75, 3.05) is 25.4 Å². The van der Waals surface area contributed by atoms with Gasteiger partial charge in [0.15, 0.2) is 0 Å². The molecule has 1 N–H and O–H groups in total. The second kappa shape index (κ2) is 4.96. The average Bonchev–Trinajstić information content (AvgIpc) is 2.12. The normalized spacial score (nSPS) is 20.9. The Morgan fingerprint density at radius 3 is 2.56 bits per heavy atom. The molecule has 3 nitrogen and oxygen atoms in total. The molecule has 1 rings (SSSR count). The summed E-state index contributed by atoms with van der Waals surface area (Å²) in [4.78, 5) is 14.2. The Morgan fingerprint density at radius 2 is 2.06 bits per heavy atom. The fourth-order valence-corrected chi connectivity index (χ4v) is 2.51. The predicted octanol–water partition coefficient (Wildman–Crippen LogP) is 1.73. The standard InChI is InChI=1S/C12H24N2OS/c1-11(2,3)16-8-10(15)14-7-6-13-9-12(14,4)5/h13H,6-9H2,1-5H3. The van der Waals surface area contributed by atoms with Crippen LogP contribution in [0.2, 0.25) is 0 Å². The number of carbonyl (C=O) groups is 1. The van der Waals surface area contributed by atoms with Gasteiger partial charge in [0.1, 0.15) is 0 Å². The van der Waals surface area contributed by atoms with Crippen molar-refractivity contribution in [3.05, 3.63) is 0 Å². The Balaban J connectivity index is 2.52. The molecule has 1 aliphatic heterocycles. The molecule has 1 aliphatic rings. The Hall–Kier alpha value is -0.220. The summed E-state index contributed by atoms with van der Waals surface area (Å²) in [6.07, 6.45) is 0. The van der Waals surface area contributed by atoms with Crippen LogP contribution < -0.4 is 5.32 Å². The SMILES string of the molecule is CC(C)(C)SCC(=O)N1CCNCC1(C)C. The topological polar surface area (TPSA) is 32.3 Å². The number of nitrogens with one attached hydrogen (secondary N) is 1. The van der Waals surface area contributed by atoms with Crippen LogP contribution in [0.5, 0.6) is 0 Å². The first-order chi connectivity index (χ1) is 7.22. The van der Waals surface area contributed by atoms with E-state index >= 15 is 0 Å².